The number of ether oxygens (including phenoxy) is 2. The van der Waals surface area contributed by atoms with Gasteiger partial charge in [-0.15, -0.1) is 6.58 Å². The molecule has 3 aliphatic rings. The molecule has 2 amide bonds. The fourth-order valence-corrected chi connectivity index (χ4v) is 6.45. The van der Waals surface area contributed by atoms with Crippen LogP contribution in [0.3, 0.4) is 0 Å². The molecule has 0 aromatic heterocycles. The number of benzene rings is 1. The molecule has 0 radical (unpaired) electrons. The molecule has 3 fully saturated rings. The second-order valence-electron chi connectivity index (χ2n) is 10.7. The van der Waals surface area contributed by atoms with Crippen LogP contribution in [-0.2, 0) is 23.9 Å². The molecule has 6 atom stereocenters. The topological polar surface area (TPSA) is 96.4 Å². The van der Waals surface area contributed by atoms with Gasteiger partial charge in [-0.05, 0) is 49.8 Å². The first-order valence-electron chi connectivity index (χ1n) is 13.0. The van der Waals surface area contributed by atoms with Gasteiger partial charge in [0.15, 0.2) is 0 Å². The highest BCUT2D eigenvalue weighted by atomic mass is 16.6. The molecule has 3 aliphatic heterocycles. The number of hydrogen-bond donors (Lipinski definition) is 1. The molecule has 4 rings (SSSR count). The van der Waals surface area contributed by atoms with Crippen molar-refractivity contribution in [3.8, 4) is 0 Å². The lowest BCUT2D eigenvalue weighted by Gasteiger charge is -2.40. The SMILES string of the molecule is C=CCOC(=O)[C@@H]1[C@@H]2CCC3(O2)C(C(=O)N(CC=C)c2cc(C)ccc2C)N([C@@H](CO)C(C)C)C(=O)[C@H]13. The number of amides is 2. The van der Waals surface area contributed by atoms with Gasteiger partial charge in [-0.1, -0.05) is 44.7 Å². The molecule has 1 spiro atoms. The number of carbonyl (C=O) groups excluding carboxylic acids is 3. The van der Waals surface area contributed by atoms with E-state index < -0.39 is 41.6 Å². The molecule has 1 aromatic rings. The van der Waals surface area contributed by atoms with Gasteiger partial charge in [0.1, 0.15) is 18.2 Å². The Morgan fingerprint density at radius 3 is 2.65 bits per heavy atom. The molecule has 37 heavy (non-hydrogen) atoms. The molecule has 8 heteroatoms. The minimum Gasteiger partial charge on any atom is -0.461 e. The minimum absolute atomic E-state index is 0.0348. The number of anilines is 1. The Morgan fingerprint density at radius 2 is 2.03 bits per heavy atom. The average Bonchev–Trinajstić information content (AvgIpc) is 3.50. The number of esters is 1. The van der Waals surface area contributed by atoms with Crippen molar-refractivity contribution in [1.82, 2.24) is 4.90 Å². The number of aliphatic hydroxyl groups is 1. The van der Waals surface area contributed by atoms with Gasteiger partial charge in [0.2, 0.25) is 5.91 Å². The number of rotatable bonds is 10. The zero-order chi connectivity index (χ0) is 27.1. The molecule has 8 nitrogen and oxygen atoms in total. The zero-order valence-corrected chi connectivity index (χ0v) is 22.2. The van der Waals surface area contributed by atoms with Gasteiger partial charge in [-0.25, -0.2) is 0 Å². The first-order valence-corrected chi connectivity index (χ1v) is 13.0. The van der Waals surface area contributed by atoms with Gasteiger partial charge in [-0.3, -0.25) is 14.4 Å². The number of likely N-dealkylation sites (tertiary alicyclic amines) is 1. The predicted molar refractivity (Wildman–Crippen MR) is 140 cm³/mol. The van der Waals surface area contributed by atoms with Crippen LogP contribution in [0.4, 0.5) is 5.69 Å². The molecule has 3 heterocycles. The summed E-state index contributed by atoms with van der Waals surface area (Å²) >= 11 is 0. The Labute approximate surface area is 218 Å². The van der Waals surface area contributed by atoms with Crippen molar-refractivity contribution in [2.24, 2.45) is 17.8 Å². The van der Waals surface area contributed by atoms with Crippen molar-refractivity contribution >= 4 is 23.5 Å². The fourth-order valence-electron chi connectivity index (χ4n) is 6.45. The number of aryl methyl sites for hydroxylation is 2. The van der Waals surface area contributed by atoms with Crippen molar-refractivity contribution in [3.05, 3.63) is 54.6 Å². The van der Waals surface area contributed by atoms with Crippen LogP contribution in [0.2, 0.25) is 0 Å². The van der Waals surface area contributed by atoms with Crippen molar-refractivity contribution in [3.63, 3.8) is 0 Å². The summed E-state index contributed by atoms with van der Waals surface area (Å²) in [4.78, 5) is 44.9. The van der Waals surface area contributed by atoms with Crippen LogP contribution in [0.5, 0.6) is 0 Å². The second kappa shape index (κ2) is 10.4. The van der Waals surface area contributed by atoms with Gasteiger partial charge < -0.3 is 24.4 Å². The molecular weight excluding hydrogens is 472 g/mol. The molecule has 2 unspecified atom stereocenters. The van der Waals surface area contributed by atoms with Crippen molar-refractivity contribution in [2.45, 2.75) is 64.3 Å². The van der Waals surface area contributed by atoms with E-state index in [1.807, 2.05) is 45.9 Å². The van der Waals surface area contributed by atoms with Crippen molar-refractivity contribution in [1.29, 1.82) is 0 Å². The van der Waals surface area contributed by atoms with Crippen LogP contribution in [0.25, 0.3) is 0 Å². The molecule has 2 bridgehead atoms. The van der Waals surface area contributed by atoms with E-state index in [0.717, 1.165) is 16.8 Å². The van der Waals surface area contributed by atoms with E-state index in [1.165, 1.54) is 11.0 Å². The number of hydrogen-bond acceptors (Lipinski definition) is 6. The summed E-state index contributed by atoms with van der Waals surface area (Å²) in [5.74, 6) is -2.94. The van der Waals surface area contributed by atoms with Gasteiger partial charge >= 0.3 is 5.97 Å². The molecule has 1 aromatic carbocycles. The summed E-state index contributed by atoms with van der Waals surface area (Å²) in [6, 6.07) is 4.28. The molecule has 3 saturated heterocycles. The lowest BCUT2D eigenvalue weighted by atomic mass is 9.70. The Morgan fingerprint density at radius 1 is 1.30 bits per heavy atom. The summed E-state index contributed by atoms with van der Waals surface area (Å²) in [7, 11) is 0. The summed E-state index contributed by atoms with van der Waals surface area (Å²) in [5.41, 5.74) is 1.47. The van der Waals surface area contributed by atoms with Gasteiger partial charge in [-0.2, -0.15) is 0 Å². The molecule has 1 N–H and O–H groups in total. The Kier molecular flexibility index (Phi) is 7.62. The van der Waals surface area contributed by atoms with E-state index in [1.54, 1.807) is 11.0 Å². The largest absolute Gasteiger partial charge is 0.461 e. The second-order valence-corrected chi connectivity index (χ2v) is 10.7. The monoisotopic (exact) mass is 510 g/mol. The number of nitrogens with zero attached hydrogens (tertiary/aromatic N) is 2. The highest BCUT2D eigenvalue weighted by molar-refractivity contribution is 6.05. The van der Waals surface area contributed by atoms with Crippen LogP contribution in [0.15, 0.2) is 43.5 Å². The summed E-state index contributed by atoms with van der Waals surface area (Å²) in [5, 5.41) is 10.4. The van der Waals surface area contributed by atoms with Crippen LogP contribution in [0.1, 0.15) is 37.8 Å². The lowest BCUT2D eigenvalue weighted by Crippen LogP contribution is -2.60. The Hall–Kier alpha value is -2.97. The van der Waals surface area contributed by atoms with E-state index >= 15 is 0 Å². The highest BCUT2D eigenvalue weighted by Crippen LogP contribution is 2.59. The smallest absolute Gasteiger partial charge is 0.312 e. The minimum atomic E-state index is -1.17. The highest BCUT2D eigenvalue weighted by Gasteiger charge is 2.75. The van der Waals surface area contributed by atoms with E-state index in [4.69, 9.17) is 9.47 Å². The molecule has 0 saturated carbocycles. The third kappa shape index (κ3) is 4.30. The molecule has 200 valence electrons. The number of fused-ring (bicyclic) bond motifs is 1. The summed E-state index contributed by atoms with van der Waals surface area (Å²) in [6.07, 6.45) is 3.66. The maximum absolute atomic E-state index is 14.6. The van der Waals surface area contributed by atoms with Crippen LogP contribution >= 0.6 is 0 Å². The first-order chi connectivity index (χ1) is 17.6. The van der Waals surface area contributed by atoms with Gasteiger partial charge in [0, 0.05) is 12.2 Å². The normalized spacial score (nSPS) is 28.8. The summed E-state index contributed by atoms with van der Waals surface area (Å²) < 4.78 is 11.8. The van der Waals surface area contributed by atoms with E-state index in [2.05, 4.69) is 13.2 Å². The summed E-state index contributed by atoms with van der Waals surface area (Å²) in [6.45, 7) is 15.1. The third-order valence-corrected chi connectivity index (χ3v) is 8.13. The van der Waals surface area contributed by atoms with Crippen LogP contribution in [0, 0.1) is 31.6 Å². The zero-order valence-electron chi connectivity index (χ0n) is 22.2. The lowest BCUT2D eigenvalue weighted by molar-refractivity contribution is -0.155. The van der Waals surface area contributed by atoms with E-state index in [9.17, 15) is 19.5 Å². The van der Waals surface area contributed by atoms with Gasteiger partial charge in [0.05, 0.1) is 30.6 Å². The van der Waals surface area contributed by atoms with Gasteiger partial charge in [0.25, 0.3) is 5.91 Å². The van der Waals surface area contributed by atoms with Crippen LogP contribution < -0.4 is 4.90 Å². The maximum Gasteiger partial charge on any atom is 0.312 e. The van der Waals surface area contributed by atoms with E-state index in [0.29, 0.717) is 12.8 Å². The van der Waals surface area contributed by atoms with Crippen molar-refractivity contribution < 1.29 is 29.0 Å². The van der Waals surface area contributed by atoms with Crippen LogP contribution in [-0.4, -0.2) is 71.3 Å². The molecular formula is C29H38N2O6. The third-order valence-electron chi connectivity index (χ3n) is 8.13. The van der Waals surface area contributed by atoms with Crippen molar-refractivity contribution in [2.75, 3.05) is 24.7 Å². The average molecular weight is 511 g/mol. The first kappa shape index (κ1) is 27.1. The standard InChI is InChI=1S/C29H38N2O6/c1-7-13-30(20-15-18(5)9-10-19(20)6)27(34)25-29-12-11-22(37-29)23(28(35)36-14-8-2)24(29)26(33)31(25)21(16-32)17(3)4/h7-10,15,17,21-25,32H,1-2,11-14,16H2,3-6H3/t21-,22-,23+,24-,25?,29?/m0/s1. The predicted octanol–water partition coefficient (Wildman–Crippen LogP) is 2.94. The number of carbonyl (C=O) groups is 3. The quantitative estimate of drug-likeness (QED) is 0.384. The fraction of sp³-hybridized carbons (Fsp3) is 0.552. The number of aliphatic hydroxyl groups excluding tert-OH is 1. The molecule has 0 aliphatic carbocycles. The Balaban J connectivity index is 1.84. The Bertz CT molecular complexity index is 1100. The maximum atomic E-state index is 14.6. The van der Waals surface area contributed by atoms with E-state index in [-0.39, 0.29) is 37.5 Å².